The van der Waals surface area contributed by atoms with Crippen molar-refractivity contribution in [1.82, 2.24) is 20.0 Å². The highest BCUT2D eigenvalue weighted by atomic mass is 32.2. The Bertz CT molecular complexity index is 712. The SMILES string of the molecule is CCS(=O)(=O)CCNC(=NC)N1CCN(c2cnn(C)c2)C(=O)C1. The van der Waals surface area contributed by atoms with Gasteiger partial charge < -0.3 is 15.1 Å². The fraction of sp³-hybridized carbons (Fsp3) is 0.643. The number of sulfone groups is 1. The summed E-state index contributed by atoms with van der Waals surface area (Å²) in [5.74, 6) is 0.667. The maximum atomic E-state index is 12.4. The first kappa shape index (κ1) is 18.2. The van der Waals surface area contributed by atoms with Crippen LogP contribution < -0.4 is 10.2 Å². The summed E-state index contributed by atoms with van der Waals surface area (Å²) in [4.78, 5) is 20.0. The van der Waals surface area contributed by atoms with Crippen molar-refractivity contribution in [2.24, 2.45) is 12.0 Å². The molecule has 2 heterocycles. The monoisotopic (exact) mass is 356 g/mol. The minimum atomic E-state index is -3.03. The first-order valence-corrected chi connectivity index (χ1v) is 9.63. The van der Waals surface area contributed by atoms with E-state index in [4.69, 9.17) is 0 Å². The largest absolute Gasteiger partial charge is 0.355 e. The molecule has 1 amide bonds. The standard InChI is InChI=1S/C14H24N6O3S/c1-4-24(22,23)8-5-16-14(15-2)19-6-7-20(13(21)11-19)12-9-17-18(3)10-12/h9-10H,4-8,11H2,1-3H3,(H,15,16). The van der Waals surface area contributed by atoms with Crippen molar-refractivity contribution < 1.29 is 13.2 Å². The number of piperazine rings is 1. The van der Waals surface area contributed by atoms with Gasteiger partial charge in [-0.2, -0.15) is 5.10 Å². The molecular formula is C14H24N6O3S. The third-order valence-corrected chi connectivity index (χ3v) is 5.58. The highest BCUT2D eigenvalue weighted by Gasteiger charge is 2.27. The predicted octanol–water partition coefficient (Wildman–Crippen LogP) is -0.921. The van der Waals surface area contributed by atoms with Gasteiger partial charge in [0.1, 0.15) is 6.54 Å². The van der Waals surface area contributed by atoms with E-state index in [1.54, 1.807) is 43.0 Å². The molecular weight excluding hydrogens is 332 g/mol. The zero-order valence-electron chi connectivity index (χ0n) is 14.3. The molecule has 9 nitrogen and oxygen atoms in total. The number of aliphatic imine (C=N–C) groups is 1. The lowest BCUT2D eigenvalue weighted by atomic mass is 10.3. The average Bonchev–Trinajstić information content (AvgIpc) is 2.97. The summed E-state index contributed by atoms with van der Waals surface area (Å²) in [6.07, 6.45) is 3.46. The van der Waals surface area contributed by atoms with Gasteiger partial charge in [0.05, 0.1) is 17.6 Å². The molecule has 10 heteroatoms. The van der Waals surface area contributed by atoms with Gasteiger partial charge in [-0.1, -0.05) is 6.92 Å². The van der Waals surface area contributed by atoms with Crippen molar-refractivity contribution in [1.29, 1.82) is 0 Å². The fourth-order valence-corrected chi connectivity index (χ4v) is 3.17. The quantitative estimate of drug-likeness (QED) is 0.541. The summed E-state index contributed by atoms with van der Waals surface area (Å²) in [7, 11) is 0.398. The van der Waals surface area contributed by atoms with Crippen LogP contribution >= 0.6 is 0 Å². The summed E-state index contributed by atoms with van der Waals surface area (Å²) >= 11 is 0. The molecule has 0 aliphatic carbocycles. The number of guanidine groups is 1. The van der Waals surface area contributed by atoms with Crippen LogP contribution in [0.2, 0.25) is 0 Å². The number of aryl methyl sites for hydroxylation is 1. The van der Waals surface area contributed by atoms with Crippen molar-refractivity contribution in [3.63, 3.8) is 0 Å². The summed E-state index contributed by atoms with van der Waals surface area (Å²) in [6, 6.07) is 0. The van der Waals surface area contributed by atoms with Gasteiger partial charge in [0.15, 0.2) is 15.8 Å². The number of anilines is 1. The third-order valence-electron chi connectivity index (χ3n) is 3.87. The molecule has 1 aromatic heterocycles. The molecule has 1 N–H and O–H groups in total. The van der Waals surface area contributed by atoms with Crippen LogP contribution in [0.1, 0.15) is 6.92 Å². The number of hydrogen-bond donors (Lipinski definition) is 1. The van der Waals surface area contributed by atoms with Gasteiger partial charge in [0.25, 0.3) is 0 Å². The number of carbonyl (C=O) groups is 1. The molecule has 24 heavy (non-hydrogen) atoms. The Morgan fingerprint density at radius 2 is 2.17 bits per heavy atom. The molecule has 0 unspecified atom stereocenters. The Balaban J connectivity index is 1.92. The number of hydrogen-bond acceptors (Lipinski definition) is 5. The summed E-state index contributed by atoms with van der Waals surface area (Å²) in [6.45, 7) is 3.23. The predicted molar refractivity (Wildman–Crippen MR) is 92.8 cm³/mol. The maximum Gasteiger partial charge on any atom is 0.246 e. The van der Waals surface area contributed by atoms with Crippen LogP contribution in [0.25, 0.3) is 0 Å². The minimum Gasteiger partial charge on any atom is -0.355 e. The van der Waals surface area contributed by atoms with Crippen LogP contribution in [0.4, 0.5) is 5.69 Å². The Kier molecular flexibility index (Phi) is 5.81. The number of amides is 1. The van der Waals surface area contributed by atoms with E-state index in [0.717, 1.165) is 5.69 Å². The van der Waals surface area contributed by atoms with Crippen LogP contribution in [0, 0.1) is 0 Å². The van der Waals surface area contributed by atoms with E-state index < -0.39 is 9.84 Å². The summed E-state index contributed by atoms with van der Waals surface area (Å²) in [5.41, 5.74) is 0.777. The van der Waals surface area contributed by atoms with Gasteiger partial charge in [0.2, 0.25) is 5.91 Å². The summed E-state index contributed by atoms with van der Waals surface area (Å²) < 4.78 is 24.7. The van der Waals surface area contributed by atoms with Crippen LogP contribution in [-0.4, -0.2) is 79.7 Å². The average molecular weight is 356 g/mol. The molecule has 1 aliphatic heterocycles. The minimum absolute atomic E-state index is 0.0432. The Labute approximate surface area is 142 Å². The lowest BCUT2D eigenvalue weighted by molar-refractivity contribution is -0.120. The first-order chi connectivity index (χ1) is 11.4. The summed E-state index contributed by atoms with van der Waals surface area (Å²) in [5, 5.41) is 7.10. The Morgan fingerprint density at radius 1 is 1.42 bits per heavy atom. The van der Waals surface area contributed by atoms with E-state index in [9.17, 15) is 13.2 Å². The number of carbonyl (C=O) groups excluding carboxylic acids is 1. The third kappa shape index (κ3) is 4.47. The van der Waals surface area contributed by atoms with E-state index in [0.29, 0.717) is 19.0 Å². The van der Waals surface area contributed by atoms with E-state index in [1.165, 1.54) is 0 Å². The van der Waals surface area contributed by atoms with Crippen molar-refractivity contribution in [3.05, 3.63) is 12.4 Å². The van der Waals surface area contributed by atoms with Gasteiger partial charge in [-0.05, 0) is 0 Å². The number of nitrogens with one attached hydrogen (secondary N) is 1. The van der Waals surface area contributed by atoms with E-state index in [2.05, 4.69) is 15.4 Å². The zero-order valence-corrected chi connectivity index (χ0v) is 15.1. The van der Waals surface area contributed by atoms with Gasteiger partial charge >= 0.3 is 0 Å². The van der Waals surface area contributed by atoms with Crippen LogP contribution in [0.15, 0.2) is 17.4 Å². The lowest BCUT2D eigenvalue weighted by Gasteiger charge is -2.35. The molecule has 0 spiro atoms. The molecule has 134 valence electrons. The van der Waals surface area contributed by atoms with Gasteiger partial charge in [-0.15, -0.1) is 0 Å². The fourth-order valence-electron chi connectivity index (χ4n) is 2.47. The first-order valence-electron chi connectivity index (χ1n) is 7.81. The van der Waals surface area contributed by atoms with Gasteiger partial charge in [-0.3, -0.25) is 14.5 Å². The van der Waals surface area contributed by atoms with E-state index in [-0.39, 0.29) is 30.5 Å². The van der Waals surface area contributed by atoms with Crippen LogP contribution in [0.3, 0.4) is 0 Å². The van der Waals surface area contributed by atoms with Gasteiger partial charge in [-0.25, -0.2) is 8.42 Å². The second kappa shape index (κ2) is 7.65. The Morgan fingerprint density at radius 3 is 2.71 bits per heavy atom. The van der Waals surface area contributed by atoms with Crippen LogP contribution in [-0.2, 0) is 21.7 Å². The second-order valence-electron chi connectivity index (χ2n) is 5.55. The molecule has 0 bridgehead atoms. The number of nitrogens with zero attached hydrogens (tertiary/aromatic N) is 5. The van der Waals surface area contributed by atoms with Crippen LogP contribution in [0.5, 0.6) is 0 Å². The van der Waals surface area contributed by atoms with Crippen molar-refractivity contribution >= 4 is 27.4 Å². The topological polar surface area (TPSA) is 99.9 Å². The normalized spacial score (nSPS) is 16.6. The number of rotatable bonds is 5. The molecule has 1 saturated heterocycles. The molecule has 1 aliphatic rings. The molecule has 0 saturated carbocycles. The van der Waals surface area contributed by atoms with Crippen molar-refractivity contribution in [2.75, 3.05) is 49.6 Å². The lowest BCUT2D eigenvalue weighted by Crippen LogP contribution is -2.55. The smallest absolute Gasteiger partial charge is 0.246 e. The highest BCUT2D eigenvalue weighted by Crippen LogP contribution is 2.15. The van der Waals surface area contributed by atoms with Crippen molar-refractivity contribution in [2.45, 2.75) is 6.92 Å². The highest BCUT2D eigenvalue weighted by molar-refractivity contribution is 7.91. The molecule has 2 rings (SSSR count). The van der Waals surface area contributed by atoms with E-state index >= 15 is 0 Å². The number of aromatic nitrogens is 2. The van der Waals surface area contributed by atoms with Crippen molar-refractivity contribution in [3.8, 4) is 0 Å². The second-order valence-corrected chi connectivity index (χ2v) is 8.02. The molecule has 1 fully saturated rings. The molecule has 0 radical (unpaired) electrons. The maximum absolute atomic E-state index is 12.4. The van der Waals surface area contributed by atoms with Gasteiger partial charge in [0, 0.05) is 45.7 Å². The Hall–Kier alpha value is -2.10. The molecule has 0 aromatic carbocycles. The molecule has 1 aromatic rings. The molecule has 0 atom stereocenters. The zero-order chi connectivity index (χ0) is 17.7. The van der Waals surface area contributed by atoms with E-state index in [1.807, 2.05) is 4.90 Å².